The Bertz CT molecular complexity index is 1090. The summed E-state index contributed by atoms with van der Waals surface area (Å²) >= 11 is 0. The molecule has 7 heteroatoms. The Kier molecular flexibility index (Phi) is 9.90. The van der Waals surface area contributed by atoms with E-state index in [1.54, 1.807) is 32.6 Å². The van der Waals surface area contributed by atoms with E-state index in [9.17, 15) is 14.4 Å². The summed E-state index contributed by atoms with van der Waals surface area (Å²) in [6, 6.07) is 13.8. The number of hydrogen-bond donors (Lipinski definition) is 2. The Labute approximate surface area is 222 Å². The van der Waals surface area contributed by atoms with Crippen LogP contribution < -0.4 is 10.6 Å². The second-order valence-electron chi connectivity index (χ2n) is 11.2. The highest BCUT2D eigenvalue weighted by Gasteiger charge is 2.42. The van der Waals surface area contributed by atoms with Crippen LogP contribution in [0.2, 0.25) is 0 Å². The summed E-state index contributed by atoms with van der Waals surface area (Å²) in [7, 11) is 0. The number of nitrogens with one attached hydrogen (secondary N) is 2. The Morgan fingerprint density at radius 1 is 0.973 bits per heavy atom. The molecule has 2 N–H and O–H groups in total. The van der Waals surface area contributed by atoms with Gasteiger partial charge in [-0.25, -0.2) is 4.79 Å². The molecule has 0 saturated carbocycles. The van der Waals surface area contributed by atoms with Gasteiger partial charge in [-0.05, 0) is 78.5 Å². The number of ether oxygens (including phenoxy) is 1. The van der Waals surface area contributed by atoms with Gasteiger partial charge in [0.1, 0.15) is 17.7 Å². The van der Waals surface area contributed by atoms with Gasteiger partial charge in [0.05, 0.1) is 0 Å². The van der Waals surface area contributed by atoms with Crippen molar-refractivity contribution >= 4 is 17.9 Å². The zero-order valence-corrected chi connectivity index (χ0v) is 23.8. The Morgan fingerprint density at radius 3 is 2.16 bits per heavy atom. The number of rotatable bonds is 9. The second kappa shape index (κ2) is 12.3. The Morgan fingerprint density at radius 2 is 1.59 bits per heavy atom. The minimum Gasteiger partial charge on any atom is -0.444 e. The summed E-state index contributed by atoms with van der Waals surface area (Å²) in [4.78, 5) is 42.0. The first kappa shape index (κ1) is 29.9. The minimum absolute atomic E-state index is 0.281. The third-order valence-electron chi connectivity index (χ3n) is 6.40. The number of benzene rings is 2. The first-order chi connectivity index (χ1) is 17.2. The summed E-state index contributed by atoms with van der Waals surface area (Å²) in [6.07, 6.45) is -0.0787. The smallest absolute Gasteiger partial charge is 0.408 e. The van der Waals surface area contributed by atoms with Crippen LogP contribution in [-0.2, 0) is 20.9 Å². The van der Waals surface area contributed by atoms with E-state index in [4.69, 9.17) is 4.74 Å². The van der Waals surface area contributed by atoms with Crippen LogP contribution in [0.25, 0.3) is 0 Å². The van der Waals surface area contributed by atoms with Gasteiger partial charge in [-0.2, -0.15) is 0 Å². The fourth-order valence-corrected chi connectivity index (χ4v) is 4.03. The molecule has 0 heterocycles. The van der Waals surface area contributed by atoms with E-state index in [1.165, 1.54) is 0 Å². The molecule has 0 aliphatic heterocycles. The van der Waals surface area contributed by atoms with Crippen molar-refractivity contribution in [2.24, 2.45) is 0 Å². The lowest BCUT2D eigenvalue weighted by Gasteiger charge is -2.44. The van der Waals surface area contributed by atoms with E-state index in [0.29, 0.717) is 13.0 Å². The molecule has 37 heavy (non-hydrogen) atoms. The lowest BCUT2D eigenvalue weighted by atomic mass is 9.90. The molecule has 2 unspecified atom stereocenters. The van der Waals surface area contributed by atoms with Crippen LogP contribution in [0.1, 0.15) is 83.2 Å². The van der Waals surface area contributed by atoms with Gasteiger partial charge in [0.25, 0.3) is 0 Å². The summed E-state index contributed by atoms with van der Waals surface area (Å²) in [5.74, 6) is -0.643. The third-order valence-corrected chi connectivity index (χ3v) is 6.40. The van der Waals surface area contributed by atoms with E-state index >= 15 is 0 Å². The fourth-order valence-electron chi connectivity index (χ4n) is 4.03. The van der Waals surface area contributed by atoms with E-state index < -0.39 is 29.3 Å². The lowest BCUT2D eigenvalue weighted by Crippen LogP contribution is -2.58. The quantitative estimate of drug-likeness (QED) is 0.461. The largest absolute Gasteiger partial charge is 0.444 e. The SMILES string of the molecule is CCC(C)(C)N(C(=O)C(C)NC(=O)OC(C)(C)C)C(C(=O)NCc1ccccc1)c1cc(C)ccc1C. The first-order valence-electron chi connectivity index (χ1n) is 12.9. The van der Waals surface area contributed by atoms with Crippen molar-refractivity contribution < 1.29 is 19.1 Å². The molecule has 0 radical (unpaired) electrons. The molecule has 202 valence electrons. The van der Waals surface area contributed by atoms with Gasteiger partial charge in [0, 0.05) is 12.1 Å². The molecule has 2 aromatic rings. The van der Waals surface area contributed by atoms with Crippen LogP contribution >= 0.6 is 0 Å². The average Bonchev–Trinajstić information content (AvgIpc) is 2.81. The molecule has 7 nitrogen and oxygen atoms in total. The minimum atomic E-state index is -0.907. The molecule has 2 atom stereocenters. The molecule has 0 spiro atoms. The topological polar surface area (TPSA) is 87.7 Å². The number of hydrogen-bond acceptors (Lipinski definition) is 4. The van der Waals surface area contributed by atoms with Crippen molar-refractivity contribution in [3.8, 4) is 0 Å². The van der Waals surface area contributed by atoms with Crippen molar-refractivity contribution in [2.45, 2.75) is 98.5 Å². The summed E-state index contributed by atoms with van der Waals surface area (Å²) in [6.45, 7) is 17.0. The van der Waals surface area contributed by atoms with E-state index in [2.05, 4.69) is 10.6 Å². The number of nitrogens with zero attached hydrogens (tertiary/aromatic N) is 1. The maximum absolute atomic E-state index is 14.0. The molecule has 0 saturated heterocycles. The van der Waals surface area contributed by atoms with Crippen LogP contribution in [0.4, 0.5) is 4.79 Å². The van der Waals surface area contributed by atoms with E-state index in [0.717, 1.165) is 22.3 Å². The highest BCUT2D eigenvalue weighted by Crippen LogP contribution is 2.34. The van der Waals surface area contributed by atoms with E-state index in [1.807, 2.05) is 83.1 Å². The number of carbonyl (C=O) groups is 3. The average molecular weight is 510 g/mol. The molecule has 0 aliphatic carbocycles. The standard InChI is InChI=1S/C30H43N3O4/c1-10-30(8,9)33(27(35)22(4)32-28(36)37-29(5,6)7)25(24-18-20(2)16-17-21(24)3)26(34)31-19-23-14-12-11-13-15-23/h11-18,22,25H,10,19H2,1-9H3,(H,31,34)(H,32,36). The van der Waals surface area contributed by atoms with Crippen molar-refractivity contribution in [3.63, 3.8) is 0 Å². The maximum atomic E-state index is 14.0. The van der Waals surface area contributed by atoms with Crippen molar-refractivity contribution in [2.75, 3.05) is 0 Å². The van der Waals surface area contributed by atoms with Gasteiger partial charge in [-0.3, -0.25) is 9.59 Å². The van der Waals surface area contributed by atoms with Crippen molar-refractivity contribution in [1.29, 1.82) is 0 Å². The van der Waals surface area contributed by atoms with Crippen LogP contribution in [0.5, 0.6) is 0 Å². The molecular weight excluding hydrogens is 466 g/mol. The van der Waals surface area contributed by atoms with Crippen LogP contribution in [0.15, 0.2) is 48.5 Å². The normalized spacial score (nSPS) is 13.3. The van der Waals surface area contributed by atoms with Gasteiger partial charge in [-0.15, -0.1) is 0 Å². The molecule has 3 amide bonds. The predicted molar refractivity (Wildman–Crippen MR) is 147 cm³/mol. The highest BCUT2D eigenvalue weighted by atomic mass is 16.6. The summed E-state index contributed by atoms with van der Waals surface area (Å²) in [5.41, 5.74) is 2.22. The second-order valence-corrected chi connectivity index (χ2v) is 11.2. The summed E-state index contributed by atoms with van der Waals surface area (Å²) < 4.78 is 5.37. The monoisotopic (exact) mass is 509 g/mol. The van der Waals surface area contributed by atoms with Crippen LogP contribution in [-0.4, -0.2) is 40.0 Å². The molecule has 0 fully saturated rings. The predicted octanol–water partition coefficient (Wildman–Crippen LogP) is 5.59. The zero-order valence-electron chi connectivity index (χ0n) is 23.8. The number of amides is 3. The zero-order chi connectivity index (χ0) is 28.0. The van der Waals surface area contributed by atoms with Crippen molar-refractivity contribution in [1.82, 2.24) is 15.5 Å². The van der Waals surface area contributed by atoms with Gasteiger partial charge >= 0.3 is 6.09 Å². The lowest BCUT2D eigenvalue weighted by molar-refractivity contribution is -0.149. The van der Waals surface area contributed by atoms with Crippen LogP contribution in [0, 0.1) is 13.8 Å². The molecule has 2 aromatic carbocycles. The Hall–Kier alpha value is -3.35. The molecule has 2 rings (SSSR count). The van der Waals surface area contributed by atoms with Gasteiger partial charge in [0.15, 0.2) is 0 Å². The van der Waals surface area contributed by atoms with Crippen molar-refractivity contribution in [3.05, 3.63) is 70.8 Å². The molecular formula is C30H43N3O4. The highest BCUT2D eigenvalue weighted by molar-refractivity contribution is 5.92. The Balaban J connectivity index is 2.52. The molecule has 0 aliphatic rings. The third kappa shape index (κ3) is 8.34. The maximum Gasteiger partial charge on any atom is 0.408 e. The molecule has 0 aromatic heterocycles. The number of aryl methyl sites for hydroxylation is 2. The van der Waals surface area contributed by atoms with E-state index in [-0.39, 0.29) is 11.8 Å². The van der Waals surface area contributed by atoms with Crippen LogP contribution in [0.3, 0.4) is 0 Å². The first-order valence-corrected chi connectivity index (χ1v) is 12.9. The van der Waals surface area contributed by atoms with Gasteiger partial charge in [0.2, 0.25) is 11.8 Å². The number of carbonyl (C=O) groups excluding carboxylic acids is 3. The molecule has 0 bridgehead atoms. The fraction of sp³-hybridized carbons (Fsp3) is 0.500. The number of alkyl carbamates (subject to hydrolysis) is 1. The summed E-state index contributed by atoms with van der Waals surface area (Å²) in [5, 5.41) is 5.70. The van der Waals surface area contributed by atoms with Gasteiger partial charge in [-0.1, -0.05) is 61.0 Å². The van der Waals surface area contributed by atoms with Gasteiger partial charge < -0.3 is 20.3 Å².